The number of nitrogens with zero attached hydrogens (tertiary/aromatic N) is 1. The van der Waals surface area contributed by atoms with E-state index in [1.165, 1.54) is 4.90 Å². The van der Waals surface area contributed by atoms with Crippen LogP contribution in [0.2, 0.25) is 0 Å². The summed E-state index contributed by atoms with van der Waals surface area (Å²) in [5.74, 6) is -0.829. The molecular formula is C11H19NO3. The summed E-state index contributed by atoms with van der Waals surface area (Å²) < 4.78 is 0. The first kappa shape index (κ1) is 12.0. The summed E-state index contributed by atoms with van der Waals surface area (Å²) in [5, 5.41) is 8.83. The highest BCUT2D eigenvalue weighted by atomic mass is 16.4. The molecule has 0 aromatic carbocycles. The molecule has 0 bridgehead atoms. The molecule has 1 saturated heterocycles. The van der Waals surface area contributed by atoms with Gasteiger partial charge in [0.25, 0.3) is 0 Å². The molecule has 4 nitrogen and oxygen atoms in total. The lowest BCUT2D eigenvalue weighted by Crippen LogP contribution is -2.40. The number of carbonyl (C=O) groups excluding carboxylic acids is 1. The predicted octanol–water partition coefficient (Wildman–Crippen LogP) is 1.50. The molecule has 1 fully saturated rings. The number of carboxylic acids is 1. The molecule has 0 aromatic rings. The number of carboxylic acid groups (broad SMARTS) is 1. The maximum absolute atomic E-state index is 11.8. The van der Waals surface area contributed by atoms with Crippen LogP contribution in [-0.2, 0) is 9.59 Å². The lowest BCUT2D eigenvalue weighted by atomic mass is 10.0. The van der Waals surface area contributed by atoms with Crippen molar-refractivity contribution in [3.05, 3.63) is 0 Å². The maximum Gasteiger partial charge on any atom is 0.326 e. The minimum Gasteiger partial charge on any atom is -0.480 e. The zero-order valence-electron chi connectivity index (χ0n) is 9.40. The lowest BCUT2D eigenvalue weighted by molar-refractivity contribution is -0.148. The van der Waals surface area contributed by atoms with Crippen molar-refractivity contribution >= 4 is 11.9 Å². The van der Waals surface area contributed by atoms with Crippen LogP contribution in [0.1, 0.15) is 39.5 Å². The van der Waals surface area contributed by atoms with E-state index in [4.69, 9.17) is 5.11 Å². The Kier molecular flexibility index (Phi) is 4.12. The van der Waals surface area contributed by atoms with Crippen molar-refractivity contribution in [3.8, 4) is 0 Å². The average molecular weight is 213 g/mol. The molecule has 1 aliphatic heterocycles. The molecule has 15 heavy (non-hydrogen) atoms. The molecule has 1 heterocycles. The van der Waals surface area contributed by atoms with Gasteiger partial charge in [0.1, 0.15) is 6.04 Å². The van der Waals surface area contributed by atoms with Crippen molar-refractivity contribution in [3.63, 3.8) is 0 Å². The van der Waals surface area contributed by atoms with Gasteiger partial charge in [0.05, 0.1) is 0 Å². The smallest absolute Gasteiger partial charge is 0.326 e. The molecular weight excluding hydrogens is 194 g/mol. The fourth-order valence-electron chi connectivity index (χ4n) is 2.00. The number of amides is 1. The molecule has 0 aromatic heterocycles. The normalized spacial score (nSPS) is 23.2. The van der Waals surface area contributed by atoms with Crippen LogP contribution in [0.25, 0.3) is 0 Å². The number of hydrogen-bond acceptors (Lipinski definition) is 2. The Balaban J connectivity index is 2.52. The van der Waals surface area contributed by atoms with Gasteiger partial charge >= 0.3 is 5.97 Å². The first-order valence-corrected chi connectivity index (χ1v) is 5.61. The predicted molar refractivity (Wildman–Crippen MR) is 56.4 cm³/mol. The van der Waals surface area contributed by atoms with Gasteiger partial charge in [-0.05, 0) is 19.8 Å². The summed E-state index contributed by atoms with van der Waals surface area (Å²) in [6.45, 7) is 4.26. The summed E-state index contributed by atoms with van der Waals surface area (Å²) in [5.41, 5.74) is 0. The summed E-state index contributed by atoms with van der Waals surface area (Å²) >= 11 is 0. The molecule has 1 rings (SSSR count). The summed E-state index contributed by atoms with van der Waals surface area (Å²) in [7, 11) is 0. The molecule has 86 valence electrons. The quantitative estimate of drug-likeness (QED) is 0.753. The van der Waals surface area contributed by atoms with Crippen LogP contribution in [0, 0.1) is 5.92 Å². The summed E-state index contributed by atoms with van der Waals surface area (Å²) in [6.07, 6.45) is 3.85. The largest absolute Gasteiger partial charge is 0.480 e. The van der Waals surface area contributed by atoms with Crippen molar-refractivity contribution in [1.82, 2.24) is 4.90 Å². The van der Waals surface area contributed by atoms with E-state index in [2.05, 4.69) is 6.92 Å². The van der Waals surface area contributed by atoms with Crippen molar-refractivity contribution in [2.45, 2.75) is 45.6 Å². The second-order valence-electron chi connectivity index (χ2n) is 4.17. The number of hydrogen-bond donors (Lipinski definition) is 1. The molecule has 0 spiro atoms. The number of aliphatic carboxylic acids is 1. The first-order chi connectivity index (χ1) is 7.07. The van der Waals surface area contributed by atoms with Gasteiger partial charge in [-0.25, -0.2) is 4.79 Å². The Morgan fingerprint density at radius 3 is 2.87 bits per heavy atom. The maximum atomic E-state index is 11.8. The molecule has 1 aliphatic rings. The van der Waals surface area contributed by atoms with Gasteiger partial charge in [-0.1, -0.05) is 19.8 Å². The number of carbonyl (C=O) groups is 2. The van der Waals surface area contributed by atoms with Crippen LogP contribution in [-0.4, -0.2) is 34.5 Å². The fourth-order valence-corrected chi connectivity index (χ4v) is 2.00. The van der Waals surface area contributed by atoms with Crippen molar-refractivity contribution < 1.29 is 14.7 Å². The standard InChI is InChI=1S/C11H19NO3/c1-3-4-5-9-6-7-12(10(9)13)8(2)11(14)15/h8-9H,3-7H2,1-2H3,(H,14,15)/t8?,9-/m0/s1. The molecule has 4 heteroatoms. The van der Waals surface area contributed by atoms with Gasteiger partial charge in [-0.3, -0.25) is 4.79 Å². The zero-order chi connectivity index (χ0) is 11.4. The van der Waals surface area contributed by atoms with Crippen molar-refractivity contribution in [2.24, 2.45) is 5.92 Å². The SMILES string of the molecule is CCCC[C@H]1CCN(C(C)C(=O)O)C1=O. The van der Waals surface area contributed by atoms with Crippen LogP contribution in [0.3, 0.4) is 0 Å². The van der Waals surface area contributed by atoms with Gasteiger partial charge < -0.3 is 10.0 Å². The van der Waals surface area contributed by atoms with Gasteiger partial charge in [-0.15, -0.1) is 0 Å². The van der Waals surface area contributed by atoms with Gasteiger partial charge in [-0.2, -0.15) is 0 Å². The van der Waals surface area contributed by atoms with Gasteiger partial charge in [0, 0.05) is 12.5 Å². The van der Waals surface area contributed by atoms with E-state index in [1.54, 1.807) is 6.92 Å². The Bertz CT molecular complexity index is 252. The molecule has 1 N–H and O–H groups in total. The van der Waals surface area contributed by atoms with E-state index in [9.17, 15) is 9.59 Å². The van der Waals surface area contributed by atoms with Crippen LogP contribution in [0.5, 0.6) is 0 Å². The van der Waals surface area contributed by atoms with Crippen LogP contribution in [0.15, 0.2) is 0 Å². The van der Waals surface area contributed by atoms with E-state index < -0.39 is 12.0 Å². The average Bonchev–Trinajstić information content (AvgIpc) is 2.55. The van der Waals surface area contributed by atoms with E-state index >= 15 is 0 Å². The number of rotatable bonds is 5. The molecule has 0 aliphatic carbocycles. The molecule has 0 saturated carbocycles. The van der Waals surface area contributed by atoms with Crippen LogP contribution >= 0.6 is 0 Å². The monoisotopic (exact) mass is 213 g/mol. The third-order valence-corrected chi connectivity index (χ3v) is 3.08. The van der Waals surface area contributed by atoms with E-state index in [1.807, 2.05) is 0 Å². The Hall–Kier alpha value is -1.06. The summed E-state index contributed by atoms with van der Waals surface area (Å²) in [6, 6.07) is -0.677. The highest BCUT2D eigenvalue weighted by Gasteiger charge is 2.35. The van der Waals surface area contributed by atoms with Crippen LogP contribution < -0.4 is 0 Å². The Morgan fingerprint density at radius 2 is 2.33 bits per heavy atom. The molecule has 1 amide bonds. The highest BCUT2D eigenvalue weighted by molar-refractivity contribution is 5.86. The van der Waals surface area contributed by atoms with E-state index in [-0.39, 0.29) is 11.8 Å². The highest BCUT2D eigenvalue weighted by Crippen LogP contribution is 2.24. The second kappa shape index (κ2) is 5.14. The molecule has 2 atom stereocenters. The topological polar surface area (TPSA) is 57.6 Å². The van der Waals surface area contributed by atoms with Crippen molar-refractivity contribution in [1.29, 1.82) is 0 Å². The van der Waals surface area contributed by atoms with Gasteiger partial charge in [0.2, 0.25) is 5.91 Å². The third-order valence-electron chi connectivity index (χ3n) is 3.08. The van der Waals surface area contributed by atoms with Crippen molar-refractivity contribution in [2.75, 3.05) is 6.54 Å². The Morgan fingerprint density at radius 1 is 1.67 bits per heavy atom. The first-order valence-electron chi connectivity index (χ1n) is 5.61. The molecule has 0 radical (unpaired) electrons. The Labute approximate surface area is 90.3 Å². The minimum absolute atomic E-state index is 0.0263. The summed E-state index contributed by atoms with van der Waals surface area (Å²) in [4.78, 5) is 24.1. The molecule has 1 unspecified atom stereocenters. The lowest BCUT2D eigenvalue weighted by Gasteiger charge is -2.21. The number of unbranched alkanes of at least 4 members (excludes halogenated alkanes) is 1. The van der Waals surface area contributed by atoms with E-state index in [0.717, 1.165) is 25.7 Å². The zero-order valence-corrected chi connectivity index (χ0v) is 9.40. The number of likely N-dealkylation sites (tertiary alicyclic amines) is 1. The van der Waals surface area contributed by atoms with Crippen LogP contribution in [0.4, 0.5) is 0 Å². The third kappa shape index (κ3) is 2.70. The minimum atomic E-state index is -0.917. The second-order valence-corrected chi connectivity index (χ2v) is 4.17. The van der Waals surface area contributed by atoms with Gasteiger partial charge in [0.15, 0.2) is 0 Å². The fraction of sp³-hybridized carbons (Fsp3) is 0.818. The van der Waals surface area contributed by atoms with E-state index in [0.29, 0.717) is 6.54 Å².